The Morgan fingerprint density at radius 2 is 2.09 bits per heavy atom. The maximum atomic E-state index is 12.6. The second-order valence-corrected chi connectivity index (χ2v) is 7.57. The molecule has 1 aromatic carbocycles. The Balaban J connectivity index is 1.74. The number of hydrogen-bond acceptors (Lipinski definition) is 5. The summed E-state index contributed by atoms with van der Waals surface area (Å²) in [6, 6.07) is 7.20. The van der Waals surface area contributed by atoms with Gasteiger partial charge in [-0.15, -0.1) is 0 Å². The van der Waals surface area contributed by atoms with Crippen LogP contribution in [0.15, 0.2) is 35.4 Å². The van der Waals surface area contributed by atoms with Crippen LogP contribution < -0.4 is 10.0 Å². The molecule has 2 N–H and O–H groups in total. The van der Waals surface area contributed by atoms with E-state index in [0.717, 1.165) is 43.7 Å². The van der Waals surface area contributed by atoms with Crippen LogP contribution in [0.1, 0.15) is 5.56 Å². The predicted molar refractivity (Wildman–Crippen MR) is 91.0 cm³/mol. The van der Waals surface area contributed by atoms with Gasteiger partial charge in [0.15, 0.2) is 0 Å². The first-order valence-corrected chi connectivity index (χ1v) is 9.33. The molecule has 0 saturated carbocycles. The molecule has 2 aromatic rings. The average Bonchev–Trinajstić information content (AvgIpc) is 2.55. The standard InChI is InChI=1S/C16H22N4O2S/c1-13-11-14-3-2-4-15(16(14)18-12-13)23(21,22)19-7-10-20-8-5-17-6-9-20/h2-4,11-12,17,19H,5-10H2,1H3. The van der Waals surface area contributed by atoms with Gasteiger partial charge in [-0.3, -0.25) is 9.88 Å². The lowest BCUT2D eigenvalue weighted by Crippen LogP contribution is -2.46. The van der Waals surface area contributed by atoms with Crippen molar-refractivity contribution in [1.82, 2.24) is 19.9 Å². The van der Waals surface area contributed by atoms with Crippen molar-refractivity contribution in [3.05, 3.63) is 36.0 Å². The van der Waals surface area contributed by atoms with E-state index >= 15 is 0 Å². The number of aryl methyl sites for hydroxylation is 1. The summed E-state index contributed by atoms with van der Waals surface area (Å²) in [5, 5.41) is 4.13. The number of para-hydroxylation sites is 1. The molecule has 1 aromatic heterocycles. The van der Waals surface area contributed by atoms with Crippen LogP contribution in [0, 0.1) is 6.92 Å². The van der Waals surface area contributed by atoms with Crippen LogP contribution in [0.25, 0.3) is 10.9 Å². The molecule has 2 heterocycles. The Labute approximate surface area is 137 Å². The molecule has 6 nitrogen and oxygen atoms in total. The minimum absolute atomic E-state index is 0.246. The first-order valence-electron chi connectivity index (χ1n) is 7.84. The van der Waals surface area contributed by atoms with Crippen LogP contribution >= 0.6 is 0 Å². The quantitative estimate of drug-likeness (QED) is 0.843. The lowest BCUT2D eigenvalue weighted by Gasteiger charge is -2.27. The molecule has 1 fully saturated rings. The van der Waals surface area contributed by atoms with Gasteiger partial charge in [0.25, 0.3) is 0 Å². The fourth-order valence-corrected chi connectivity index (χ4v) is 4.01. The summed E-state index contributed by atoms with van der Waals surface area (Å²) < 4.78 is 27.9. The Kier molecular flexibility index (Phi) is 4.91. The highest BCUT2D eigenvalue weighted by atomic mass is 32.2. The van der Waals surface area contributed by atoms with E-state index < -0.39 is 10.0 Å². The van der Waals surface area contributed by atoms with Gasteiger partial charge in [0.05, 0.1) is 5.52 Å². The molecule has 1 aliphatic rings. The van der Waals surface area contributed by atoms with Crippen molar-refractivity contribution >= 4 is 20.9 Å². The van der Waals surface area contributed by atoms with E-state index in [1.54, 1.807) is 18.3 Å². The Hall–Kier alpha value is -1.54. The second-order valence-electron chi connectivity index (χ2n) is 5.83. The van der Waals surface area contributed by atoms with Crippen LogP contribution in [0.4, 0.5) is 0 Å². The number of nitrogens with one attached hydrogen (secondary N) is 2. The van der Waals surface area contributed by atoms with Crippen molar-refractivity contribution in [3.63, 3.8) is 0 Å². The van der Waals surface area contributed by atoms with E-state index in [2.05, 4.69) is 19.9 Å². The van der Waals surface area contributed by atoms with Crippen molar-refractivity contribution in [1.29, 1.82) is 0 Å². The maximum absolute atomic E-state index is 12.6. The van der Waals surface area contributed by atoms with Gasteiger partial charge < -0.3 is 5.32 Å². The Bertz CT molecular complexity index is 786. The molecule has 7 heteroatoms. The summed E-state index contributed by atoms with van der Waals surface area (Å²) in [7, 11) is -3.56. The van der Waals surface area contributed by atoms with E-state index in [-0.39, 0.29) is 4.90 Å². The summed E-state index contributed by atoms with van der Waals surface area (Å²) in [6.45, 7) is 6.90. The monoisotopic (exact) mass is 334 g/mol. The fraction of sp³-hybridized carbons (Fsp3) is 0.438. The van der Waals surface area contributed by atoms with Crippen molar-refractivity contribution in [2.75, 3.05) is 39.3 Å². The third-order valence-corrected chi connectivity index (χ3v) is 5.52. The number of benzene rings is 1. The van der Waals surface area contributed by atoms with Gasteiger partial charge in [-0.1, -0.05) is 12.1 Å². The zero-order chi connectivity index (χ0) is 16.3. The minimum Gasteiger partial charge on any atom is -0.314 e. The number of sulfonamides is 1. The number of aromatic nitrogens is 1. The molecule has 0 unspecified atom stereocenters. The number of nitrogens with zero attached hydrogens (tertiary/aromatic N) is 2. The molecule has 124 valence electrons. The van der Waals surface area contributed by atoms with Crippen molar-refractivity contribution in [2.24, 2.45) is 0 Å². The first-order chi connectivity index (χ1) is 11.1. The zero-order valence-corrected chi connectivity index (χ0v) is 14.1. The highest BCUT2D eigenvalue weighted by Gasteiger charge is 2.18. The average molecular weight is 334 g/mol. The van der Waals surface area contributed by atoms with Gasteiger partial charge in [-0.25, -0.2) is 13.1 Å². The number of fused-ring (bicyclic) bond motifs is 1. The van der Waals surface area contributed by atoms with Gasteiger partial charge in [-0.05, 0) is 24.6 Å². The van der Waals surface area contributed by atoms with Crippen LogP contribution in [0.2, 0.25) is 0 Å². The topological polar surface area (TPSA) is 74.3 Å². The number of piperazine rings is 1. The zero-order valence-electron chi connectivity index (χ0n) is 13.2. The highest BCUT2D eigenvalue weighted by molar-refractivity contribution is 7.89. The molecule has 0 bridgehead atoms. The van der Waals surface area contributed by atoms with Gasteiger partial charge in [0.1, 0.15) is 4.90 Å². The predicted octanol–water partition coefficient (Wildman–Crippen LogP) is 0.727. The van der Waals surface area contributed by atoms with Crippen molar-refractivity contribution in [2.45, 2.75) is 11.8 Å². The highest BCUT2D eigenvalue weighted by Crippen LogP contribution is 2.21. The molecule has 0 atom stereocenters. The number of hydrogen-bond donors (Lipinski definition) is 2. The number of pyridine rings is 1. The van der Waals surface area contributed by atoms with Crippen molar-refractivity contribution in [3.8, 4) is 0 Å². The van der Waals surface area contributed by atoms with Crippen LogP contribution in [0.5, 0.6) is 0 Å². The van der Waals surface area contributed by atoms with E-state index in [1.165, 1.54) is 0 Å². The summed E-state index contributed by atoms with van der Waals surface area (Å²) in [6.07, 6.45) is 1.70. The first kappa shape index (κ1) is 16.3. The van der Waals surface area contributed by atoms with E-state index in [1.807, 2.05) is 19.1 Å². The third kappa shape index (κ3) is 3.87. The van der Waals surface area contributed by atoms with Gasteiger partial charge >= 0.3 is 0 Å². The fourth-order valence-electron chi connectivity index (χ4n) is 2.81. The molecule has 0 aliphatic carbocycles. The molecule has 0 radical (unpaired) electrons. The Morgan fingerprint density at radius 3 is 2.87 bits per heavy atom. The summed E-state index contributed by atoms with van der Waals surface area (Å²) in [5.41, 5.74) is 1.53. The lowest BCUT2D eigenvalue weighted by molar-refractivity contribution is 0.245. The summed E-state index contributed by atoms with van der Waals surface area (Å²) in [4.78, 5) is 6.81. The molecule has 1 saturated heterocycles. The van der Waals surface area contributed by atoms with Gasteiger partial charge in [0.2, 0.25) is 10.0 Å². The molecule has 1 aliphatic heterocycles. The molecule has 0 spiro atoms. The largest absolute Gasteiger partial charge is 0.314 e. The molecule has 3 rings (SSSR count). The molecule has 23 heavy (non-hydrogen) atoms. The summed E-state index contributed by atoms with van der Waals surface area (Å²) in [5.74, 6) is 0. The maximum Gasteiger partial charge on any atom is 0.242 e. The van der Waals surface area contributed by atoms with E-state index in [4.69, 9.17) is 0 Å². The SMILES string of the molecule is Cc1cnc2c(S(=O)(=O)NCCN3CCNCC3)cccc2c1. The van der Waals surface area contributed by atoms with Crippen LogP contribution in [-0.4, -0.2) is 57.6 Å². The molecule has 0 amide bonds. The van der Waals surface area contributed by atoms with Crippen LogP contribution in [0.3, 0.4) is 0 Å². The second kappa shape index (κ2) is 6.92. The van der Waals surface area contributed by atoms with Crippen LogP contribution in [-0.2, 0) is 10.0 Å². The normalized spacial score (nSPS) is 16.7. The third-order valence-electron chi connectivity index (χ3n) is 4.03. The number of rotatable bonds is 5. The van der Waals surface area contributed by atoms with Gasteiger partial charge in [-0.2, -0.15) is 0 Å². The van der Waals surface area contributed by atoms with Gasteiger partial charge in [0, 0.05) is 50.9 Å². The minimum atomic E-state index is -3.56. The summed E-state index contributed by atoms with van der Waals surface area (Å²) >= 11 is 0. The Morgan fingerprint density at radius 1 is 1.30 bits per heavy atom. The van der Waals surface area contributed by atoms with E-state index in [0.29, 0.717) is 12.1 Å². The lowest BCUT2D eigenvalue weighted by atomic mass is 10.2. The van der Waals surface area contributed by atoms with E-state index in [9.17, 15) is 8.42 Å². The smallest absolute Gasteiger partial charge is 0.242 e. The molecular weight excluding hydrogens is 312 g/mol. The molecular formula is C16H22N4O2S. The van der Waals surface area contributed by atoms with Crippen molar-refractivity contribution < 1.29 is 8.42 Å².